The van der Waals surface area contributed by atoms with Gasteiger partial charge in [0, 0.05) is 12.6 Å². The molecule has 3 nitrogen and oxygen atoms in total. The van der Waals surface area contributed by atoms with Gasteiger partial charge in [-0.15, -0.1) is 0 Å². The maximum absolute atomic E-state index is 13.1. The van der Waals surface area contributed by atoms with Crippen molar-refractivity contribution in [2.75, 3.05) is 13.2 Å². The van der Waals surface area contributed by atoms with Crippen molar-refractivity contribution in [2.45, 2.75) is 19.9 Å². The molecule has 0 bridgehead atoms. The van der Waals surface area contributed by atoms with Crippen molar-refractivity contribution in [1.29, 1.82) is 0 Å². The second-order valence-corrected chi connectivity index (χ2v) is 6.68. The van der Waals surface area contributed by atoms with Crippen LogP contribution >= 0.6 is 0 Å². The van der Waals surface area contributed by atoms with Crippen LogP contribution in [0, 0.1) is 0 Å². The van der Waals surface area contributed by atoms with E-state index in [9.17, 15) is 4.79 Å². The van der Waals surface area contributed by atoms with E-state index in [0.717, 1.165) is 22.4 Å². The van der Waals surface area contributed by atoms with Gasteiger partial charge in [0.15, 0.2) is 0 Å². The summed E-state index contributed by atoms with van der Waals surface area (Å²) in [5, 5.41) is 0. The van der Waals surface area contributed by atoms with Gasteiger partial charge in [-0.25, -0.2) is 0 Å². The van der Waals surface area contributed by atoms with E-state index in [1.807, 2.05) is 85.5 Å². The van der Waals surface area contributed by atoms with Gasteiger partial charge in [0.2, 0.25) is 5.91 Å². The summed E-state index contributed by atoms with van der Waals surface area (Å²) in [4.78, 5) is 15.0. The van der Waals surface area contributed by atoms with Crippen LogP contribution in [0.1, 0.15) is 36.6 Å². The van der Waals surface area contributed by atoms with E-state index >= 15 is 0 Å². The number of carbonyl (C=O) groups is 1. The Bertz CT molecular complexity index is 878. The Hall–Kier alpha value is -3.33. The molecule has 0 aliphatic heterocycles. The Kier molecular flexibility index (Phi) is 7.23. The molecule has 0 N–H and O–H groups in total. The minimum Gasteiger partial charge on any atom is -0.494 e. The molecule has 3 rings (SSSR count). The monoisotopic (exact) mass is 385 g/mol. The van der Waals surface area contributed by atoms with Crippen LogP contribution in [0.2, 0.25) is 0 Å². The molecule has 0 fully saturated rings. The predicted octanol–water partition coefficient (Wildman–Crippen LogP) is 5.74. The number of hydrogen-bond acceptors (Lipinski definition) is 2. The second-order valence-electron chi connectivity index (χ2n) is 6.68. The van der Waals surface area contributed by atoms with E-state index in [0.29, 0.717) is 13.2 Å². The summed E-state index contributed by atoms with van der Waals surface area (Å²) in [6.45, 7) is 5.23. The fourth-order valence-corrected chi connectivity index (χ4v) is 3.39. The third kappa shape index (κ3) is 5.35. The first kappa shape index (κ1) is 20.4. The van der Waals surface area contributed by atoms with Crippen molar-refractivity contribution >= 4 is 12.0 Å². The summed E-state index contributed by atoms with van der Waals surface area (Å²) in [6.07, 6.45) is 3.51. The van der Waals surface area contributed by atoms with E-state index in [2.05, 4.69) is 24.3 Å². The van der Waals surface area contributed by atoms with Crippen LogP contribution in [0.25, 0.3) is 6.08 Å². The number of benzene rings is 3. The fourth-order valence-electron chi connectivity index (χ4n) is 3.39. The molecule has 0 saturated heterocycles. The number of hydrogen-bond donors (Lipinski definition) is 0. The lowest BCUT2D eigenvalue weighted by atomic mass is 9.97. The maximum atomic E-state index is 13.1. The van der Waals surface area contributed by atoms with Gasteiger partial charge in [0.25, 0.3) is 0 Å². The first-order chi connectivity index (χ1) is 14.2. The summed E-state index contributed by atoms with van der Waals surface area (Å²) in [5.41, 5.74) is 3.17. The Balaban J connectivity index is 1.85. The van der Waals surface area contributed by atoms with Crippen molar-refractivity contribution in [3.05, 3.63) is 108 Å². The SMILES string of the molecule is CCOc1ccc(/C=C/C(=O)N(CC)C(c2ccccc2)c2ccccc2)cc1. The highest BCUT2D eigenvalue weighted by Gasteiger charge is 2.23. The number of likely N-dealkylation sites (N-methyl/N-ethyl adjacent to an activating group) is 1. The number of amides is 1. The van der Waals surface area contributed by atoms with Crippen LogP contribution in [0.5, 0.6) is 5.75 Å². The van der Waals surface area contributed by atoms with Gasteiger partial charge < -0.3 is 9.64 Å². The quantitative estimate of drug-likeness (QED) is 0.463. The molecule has 3 heteroatoms. The van der Waals surface area contributed by atoms with Gasteiger partial charge in [-0.1, -0.05) is 72.8 Å². The van der Waals surface area contributed by atoms with Gasteiger partial charge in [0.05, 0.1) is 12.6 Å². The number of ether oxygens (including phenoxy) is 1. The highest BCUT2D eigenvalue weighted by molar-refractivity contribution is 5.92. The van der Waals surface area contributed by atoms with E-state index < -0.39 is 0 Å². The standard InChI is InChI=1S/C26H27NO2/c1-3-27(25(28)20-17-21-15-18-24(19-16-21)29-4-2)26(22-11-7-5-8-12-22)23-13-9-6-10-14-23/h5-20,26H,3-4H2,1-2H3/b20-17+. The molecular formula is C26H27NO2. The van der Waals surface area contributed by atoms with E-state index in [1.165, 1.54) is 0 Å². The molecule has 1 amide bonds. The third-order valence-corrected chi connectivity index (χ3v) is 4.78. The molecule has 0 unspecified atom stereocenters. The van der Waals surface area contributed by atoms with E-state index in [1.54, 1.807) is 6.08 Å². The fraction of sp³-hybridized carbons (Fsp3) is 0.192. The molecule has 0 aliphatic rings. The summed E-state index contributed by atoms with van der Waals surface area (Å²) < 4.78 is 5.47. The number of rotatable bonds is 8. The van der Waals surface area contributed by atoms with Gasteiger partial charge in [-0.2, -0.15) is 0 Å². The molecule has 0 spiro atoms. The maximum Gasteiger partial charge on any atom is 0.247 e. The average Bonchev–Trinajstić information content (AvgIpc) is 2.78. The minimum absolute atomic E-state index is 0.0147. The Morgan fingerprint density at radius 2 is 1.41 bits per heavy atom. The van der Waals surface area contributed by atoms with E-state index in [-0.39, 0.29) is 11.9 Å². The molecule has 0 aromatic heterocycles. The van der Waals surface area contributed by atoms with Crippen molar-refractivity contribution in [2.24, 2.45) is 0 Å². The van der Waals surface area contributed by atoms with Crippen LogP contribution in [0.3, 0.4) is 0 Å². The van der Waals surface area contributed by atoms with Gasteiger partial charge in [-0.05, 0) is 48.7 Å². The second kappa shape index (κ2) is 10.3. The average molecular weight is 386 g/mol. The number of carbonyl (C=O) groups excluding carboxylic acids is 1. The molecular weight excluding hydrogens is 358 g/mol. The third-order valence-electron chi connectivity index (χ3n) is 4.78. The summed E-state index contributed by atoms with van der Waals surface area (Å²) >= 11 is 0. The molecule has 0 radical (unpaired) electrons. The first-order valence-electron chi connectivity index (χ1n) is 10.0. The zero-order chi connectivity index (χ0) is 20.5. The van der Waals surface area contributed by atoms with Crippen molar-refractivity contribution < 1.29 is 9.53 Å². The molecule has 29 heavy (non-hydrogen) atoms. The van der Waals surface area contributed by atoms with Crippen LogP contribution in [-0.4, -0.2) is 24.0 Å². The van der Waals surface area contributed by atoms with E-state index in [4.69, 9.17) is 4.74 Å². The van der Waals surface area contributed by atoms with Crippen LogP contribution < -0.4 is 4.74 Å². The molecule has 3 aromatic rings. The molecule has 148 valence electrons. The molecule has 0 heterocycles. The minimum atomic E-state index is -0.125. The topological polar surface area (TPSA) is 29.5 Å². The van der Waals surface area contributed by atoms with Gasteiger partial charge in [-0.3, -0.25) is 4.79 Å². The Morgan fingerprint density at radius 3 is 1.90 bits per heavy atom. The summed E-state index contributed by atoms with van der Waals surface area (Å²) in [6, 6.07) is 28.0. The first-order valence-corrected chi connectivity index (χ1v) is 10.0. The zero-order valence-electron chi connectivity index (χ0n) is 17.0. The van der Waals surface area contributed by atoms with Gasteiger partial charge >= 0.3 is 0 Å². The highest BCUT2D eigenvalue weighted by Crippen LogP contribution is 2.29. The Labute approximate surface area is 173 Å². The number of nitrogens with zero attached hydrogens (tertiary/aromatic N) is 1. The highest BCUT2D eigenvalue weighted by atomic mass is 16.5. The lowest BCUT2D eigenvalue weighted by Gasteiger charge is -2.31. The van der Waals surface area contributed by atoms with Crippen LogP contribution in [0.4, 0.5) is 0 Å². The lowest BCUT2D eigenvalue weighted by molar-refractivity contribution is -0.127. The summed E-state index contributed by atoms with van der Waals surface area (Å²) in [7, 11) is 0. The van der Waals surface area contributed by atoms with Gasteiger partial charge in [0.1, 0.15) is 5.75 Å². The van der Waals surface area contributed by atoms with Crippen molar-refractivity contribution in [1.82, 2.24) is 4.90 Å². The molecule has 3 aromatic carbocycles. The normalized spacial score (nSPS) is 11.0. The lowest BCUT2D eigenvalue weighted by Crippen LogP contribution is -2.34. The predicted molar refractivity (Wildman–Crippen MR) is 119 cm³/mol. The Morgan fingerprint density at radius 1 is 0.862 bits per heavy atom. The summed E-state index contributed by atoms with van der Waals surface area (Å²) in [5.74, 6) is 0.818. The molecule has 0 atom stereocenters. The van der Waals surface area contributed by atoms with Crippen LogP contribution in [-0.2, 0) is 4.79 Å². The van der Waals surface area contributed by atoms with Crippen molar-refractivity contribution in [3.8, 4) is 5.75 Å². The largest absolute Gasteiger partial charge is 0.494 e. The zero-order valence-corrected chi connectivity index (χ0v) is 17.0. The van der Waals surface area contributed by atoms with Crippen LogP contribution in [0.15, 0.2) is 91.0 Å². The molecule has 0 aliphatic carbocycles. The molecule has 0 saturated carbocycles. The van der Waals surface area contributed by atoms with Crippen molar-refractivity contribution in [3.63, 3.8) is 0 Å². The smallest absolute Gasteiger partial charge is 0.247 e.